The topological polar surface area (TPSA) is 86.9 Å². The van der Waals surface area contributed by atoms with Gasteiger partial charge in [-0.3, -0.25) is 9.59 Å². The van der Waals surface area contributed by atoms with Gasteiger partial charge in [-0.05, 0) is 24.6 Å². The lowest BCUT2D eigenvalue weighted by Crippen LogP contribution is -2.62. The molecule has 1 saturated heterocycles. The number of H-pyrrole nitrogens is 1. The van der Waals surface area contributed by atoms with Gasteiger partial charge in [-0.2, -0.15) is 0 Å². The van der Waals surface area contributed by atoms with Crippen molar-refractivity contribution in [2.75, 3.05) is 0 Å². The van der Waals surface area contributed by atoms with Crippen LogP contribution in [0.1, 0.15) is 17.0 Å². The lowest BCUT2D eigenvalue weighted by atomic mass is 10.00. The van der Waals surface area contributed by atoms with E-state index in [4.69, 9.17) is 0 Å². The predicted molar refractivity (Wildman–Crippen MR) is 88.7 cm³/mol. The zero-order chi connectivity index (χ0) is 16.4. The van der Waals surface area contributed by atoms with Crippen LogP contribution in [0.25, 0.3) is 0 Å². The largest absolute Gasteiger partial charge is 0.348 e. The maximum absolute atomic E-state index is 12.3. The van der Waals surface area contributed by atoms with Crippen LogP contribution in [0.2, 0.25) is 0 Å². The molecule has 2 unspecified atom stereocenters. The van der Waals surface area contributed by atoms with Crippen molar-refractivity contribution in [3.8, 4) is 0 Å². The van der Waals surface area contributed by atoms with Crippen molar-refractivity contribution in [3.63, 3.8) is 0 Å². The summed E-state index contributed by atoms with van der Waals surface area (Å²) in [5.41, 5.74) is 2.68. The number of aryl methyl sites for hydroxylation is 1. The molecule has 0 saturated carbocycles. The van der Waals surface area contributed by atoms with Crippen LogP contribution in [-0.4, -0.2) is 33.9 Å². The number of hydrogen-bond donors (Lipinski definition) is 3. The van der Waals surface area contributed by atoms with Gasteiger partial charge in [-0.1, -0.05) is 28.1 Å². The highest BCUT2D eigenvalue weighted by molar-refractivity contribution is 9.10. The Morgan fingerprint density at radius 2 is 1.83 bits per heavy atom. The summed E-state index contributed by atoms with van der Waals surface area (Å²) in [5, 5.41) is 5.61. The number of rotatable bonds is 4. The molecule has 1 aromatic heterocycles. The highest BCUT2D eigenvalue weighted by Gasteiger charge is 2.34. The van der Waals surface area contributed by atoms with Gasteiger partial charge in [0.15, 0.2) is 0 Å². The molecule has 2 amide bonds. The fraction of sp³-hybridized carbons (Fsp3) is 0.312. The fourth-order valence-corrected chi connectivity index (χ4v) is 3.10. The summed E-state index contributed by atoms with van der Waals surface area (Å²) in [6.45, 7) is 1.89. The average molecular weight is 377 g/mol. The third-order valence-electron chi connectivity index (χ3n) is 3.93. The van der Waals surface area contributed by atoms with E-state index in [9.17, 15) is 9.59 Å². The number of aromatic amines is 1. The molecule has 2 heterocycles. The number of hydrogen-bond acceptors (Lipinski definition) is 3. The van der Waals surface area contributed by atoms with E-state index >= 15 is 0 Å². The Labute approximate surface area is 142 Å². The summed E-state index contributed by atoms with van der Waals surface area (Å²) < 4.78 is 0.949. The second-order valence-electron chi connectivity index (χ2n) is 5.63. The van der Waals surface area contributed by atoms with Crippen LogP contribution in [-0.2, 0) is 22.4 Å². The van der Waals surface area contributed by atoms with Crippen molar-refractivity contribution in [2.45, 2.75) is 31.8 Å². The third kappa shape index (κ3) is 3.61. The van der Waals surface area contributed by atoms with Gasteiger partial charge in [0.2, 0.25) is 11.8 Å². The summed E-state index contributed by atoms with van der Waals surface area (Å²) >= 11 is 3.41. The Kier molecular flexibility index (Phi) is 4.47. The Morgan fingerprint density at radius 1 is 1.13 bits per heavy atom. The molecule has 0 spiro atoms. The van der Waals surface area contributed by atoms with Gasteiger partial charge in [0.25, 0.3) is 0 Å². The minimum atomic E-state index is -0.580. The zero-order valence-electron chi connectivity index (χ0n) is 12.6. The van der Waals surface area contributed by atoms with Gasteiger partial charge in [0.05, 0.1) is 12.0 Å². The van der Waals surface area contributed by atoms with Gasteiger partial charge in [0, 0.05) is 23.0 Å². The van der Waals surface area contributed by atoms with Crippen molar-refractivity contribution >= 4 is 27.7 Å². The molecular weight excluding hydrogens is 360 g/mol. The molecule has 1 fully saturated rings. The fourth-order valence-electron chi connectivity index (χ4n) is 2.65. The Bertz CT molecular complexity index is 743. The first kappa shape index (κ1) is 15.7. The number of imidazole rings is 1. The van der Waals surface area contributed by atoms with Crippen molar-refractivity contribution in [3.05, 3.63) is 52.0 Å². The average Bonchev–Trinajstić information content (AvgIpc) is 2.90. The van der Waals surface area contributed by atoms with Crippen molar-refractivity contribution in [1.29, 1.82) is 0 Å². The van der Waals surface area contributed by atoms with Crippen LogP contribution in [0, 0.1) is 6.92 Å². The Morgan fingerprint density at radius 3 is 2.43 bits per heavy atom. The molecule has 6 nitrogen and oxygen atoms in total. The second-order valence-corrected chi connectivity index (χ2v) is 6.55. The number of nitrogens with zero attached hydrogens (tertiary/aromatic N) is 1. The number of amides is 2. The zero-order valence-corrected chi connectivity index (χ0v) is 14.2. The molecule has 0 radical (unpaired) electrons. The van der Waals surface area contributed by atoms with Crippen LogP contribution in [0.3, 0.4) is 0 Å². The number of aromatic nitrogens is 2. The summed E-state index contributed by atoms with van der Waals surface area (Å²) in [6, 6.07) is 6.58. The minimum absolute atomic E-state index is 0.164. The molecule has 0 bridgehead atoms. The summed E-state index contributed by atoms with van der Waals surface area (Å²) in [6.07, 6.45) is 2.44. The monoisotopic (exact) mass is 376 g/mol. The van der Waals surface area contributed by atoms with E-state index in [2.05, 4.69) is 36.5 Å². The Balaban J connectivity index is 1.66. The summed E-state index contributed by atoms with van der Waals surface area (Å²) in [5.74, 6) is -0.338. The van der Waals surface area contributed by atoms with E-state index in [1.54, 1.807) is 6.33 Å². The highest BCUT2D eigenvalue weighted by Crippen LogP contribution is 2.15. The second kappa shape index (κ2) is 6.54. The van der Waals surface area contributed by atoms with E-state index in [1.165, 1.54) is 0 Å². The number of piperazine rings is 1. The van der Waals surface area contributed by atoms with Gasteiger partial charge >= 0.3 is 0 Å². The molecule has 2 aromatic rings. The van der Waals surface area contributed by atoms with E-state index in [0.29, 0.717) is 12.8 Å². The lowest BCUT2D eigenvalue weighted by Gasteiger charge is -2.29. The number of carbonyl (C=O) groups excluding carboxylic acids is 2. The van der Waals surface area contributed by atoms with E-state index in [1.807, 2.05) is 31.2 Å². The van der Waals surface area contributed by atoms with Gasteiger partial charge < -0.3 is 15.6 Å². The van der Waals surface area contributed by atoms with Gasteiger partial charge in [-0.15, -0.1) is 0 Å². The molecule has 3 rings (SSSR count). The SMILES string of the molecule is Cc1[nH]cnc1CC1NC(=O)C(Cc2cccc(Br)c2)NC1=O. The van der Waals surface area contributed by atoms with E-state index in [0.717, 1.165) is 21.4 Å². The molecule has 3 N–H and O–H groups in total. The maximum Gasteiger partial charge on any atom is 0.243 e. The van der Waals surface area contributed by atoms with Crippen LogP contribution in [0.5, 0.6) is 0 Å². The van der Waals surface area contributed by atoms with Crippen LogP contribution in [0.15, 0.2) is 35.1 Å². The highest BCUT2D eigenvalue weighted by atomic mass is 79.9. The normalized spacial score (nSPS) is 21.0. The number of benzene rings is 1. The quantitative estimate of drug-likeness (QED) is 0.750. The molecule has 23 heavy (non-hydrogen) atoms. The molecule has 1 aromatic carbocycles. The molecule has 1 aliphatic rings. The lowest BCUT2D eigenvalue weighted by molar-refractivity contribution is -0.136. The molecule has 120 valence electrons. The molecule has 7 heteroatoms. The van der Waals surface area contributed by atoms with Gasteiger partial charge in [-0.25, -0.2) is 4.98 Å². The van der Waals surface area contributed by atoms with E-state index < -0.39 is 12.1 Å². The maximum atomic E-state index is 12.3. The number of halogens is 1. The minimum Gasteiger partial charge on any atom is -0.348 e. The summed E-state index contributed by atoms with van der Waals surface area (Å²) in [7, 11) is 0. The first-order valence-electron chi connectivity index (χ1n) is 7.37. The third-order valence-corrected chi connectivity index (χ3v) is 4.42. The molecule has 0 aliphatic carbocycles. The predicted octanol–water partition coefficient (Wildman–Crippen LogP) is 1.25. The first-order valence-corrected chi connectivity index (χ1v) is 8.16. The van der Waals surface area contributed by atoms with Crippen molar-refractivity contribution < 1.29 is 9.59 Å². The van der Waals surface area contributed by atoms with Crippen LogP contribution in [0.4, 0.5) is 0 Å². The molecular formula is C16H17BrN4O2. The number of nitrogens with one attached hydrogen (secondary N) is 3. The van der Waals surface area contributed by atoms with Crippen LogP contribution < -0.4 is 10.6 Å². The van der Waals surface area contributed by atoms with E-state index in [-0.39, 0.29) is 11.8 Å². The molecule has 2 atom stereocenters. The number of carbonyl (C=O) groups is 2. The standard InChI is InChI=1S/C16H17BrN4O2/c1-9-12(19-8-18-9)7-14-16(23)20-13(15(22)21-14)6-10-3-2-4-11(17)5-10/h2-5,8,13-14H,6-7H2,1H3,(H,18,19)(H,20,23)(H,21,22). The van der Waals surface area contributed by atoms with Crippen molar-refractivity contribution in [1.82, 2.24) is 20.6 Å². The van der Waals surface area contributed by atoms with Crippen LogP contribution >= 0.6 is 15.9 Å². The first-order chi connectivity index (χ1) is 11.0. The molecule has 1 aliphatic heterocycles. The summed E-state index contributed by atoms with van der Waals surface area (Å²) in [4.78, 5) is 31.7. The smallest absolute Gasteiger partial charge is 0.243 e. The van der Waals surface area contributed by atoms with Gasteiger partial charge in [0.1, 0.15) is 12.1 Å². The Hall–Kier alpha value is -2.15. The van der Waals surface area contributed by atoms with Crippen molar-refractivity contribution in [2.24, 2.45) is 0 Å².